The summed E-state index contributed by atoms with van der Waals surface area (Å²) in [6.45, 7) is 1.86. The molecule has 5 heteroatoms. The van der Waals surface area contributed by atoms with Crippen molar-refractivity contribution in [2.75, 3.05) is 0 Å². The van der Waals surface area contributed by atoms with Gasteiger partial charge in [-0.05, 0) is 52.2 Å². The maximum absolute atomic E-state index is 11.8. The molecule has 1 unspecified atom stereocenters. The van der Waals surface area contributed by atoms with Gasteiger partial charge < -0.3 is 10.5 Å². The van der Waals surface area contributed by atoms with Crippen LogP contribution in [-0.4, -0.2) is 10.4 Å². The first kappa shape index (κ1) is 15.9. The first-order valence-corrected chi connectivity index (χ1v) is 7.56. The van der Waals surface area contributed by atoms with Crippen LogP contribution in [0.1, 0.15) is 11.1 Å². The van der Waals surface area contributed by atoms with Gasteiger partial charge in [0.1, 0.15) is 5.75 Å². The Morgan fingerprint density at radius 2 is 1.95 bits per heavy atom. The summed E-state index contributed by atoms with van der Waals surface area (Å²) in [5.74, 6) is -0.0216. The van der Waals surface area contributed by atoms with Crippen LogP contribution in [0.3, 0.4) is 0 Å². The summed E-state index contributed by atoms with van der Waals surface area (Å²) in [5.41, 5.74) is 7.29. The molecule has 2 rings (SSSR count). The van der Waals surface area contributed by atoms with E-state index in [0.29, 0.717) is 17.2 Å². The van der Waals surface area contributed by atoms with Crippen LogP contribution in [0.4, 0.5) is 0 Å². The van der Waals surface area contributed by atoms with Gasteiger partial charge in [0.15, 0.2) is 0 Å². The number of ether oxygens (including phenoxy) is 1. The molecule has 2 aromatic carbocycles. The summed E-state index contributed by atoms with van der Waals surface area (Å²) >= 11 is 9.27. The van der Waals surface area contributed by atoms with E-state index >= 15 is 0 Å². The van der Waals surface area contributed by atoms with E-state index in [4.69, 9.17) is 22.1 Å². The zero-order valence-electron chi connectivity index (χ0n) is 11.5. The van der Waals surface area contributed by atoms with Crippen molar-refractivity contribution in [3.8, 4) is 5.75 Å². The molecule has 3 nitrogen and oxygen atoms in total. The average Bonchev–Trinajstić information content (AvgIpc) is 2.43. The normalized spacial score (nSPS) is 13.5. The molecule has 0 fully saturated rings. The highest BCUT2D eigenvalue weighted by Gasteiger charge is 2.36. The standard InChI is InChI=1S/C16H15BrClNO2/c1-11-9-13(18)7-8-14(11)21-16(17,15(19)20)10-12-5-3-2-4-6-12/h2-9H,10H2,1H3,(H2,19,20). The van der Waals surface area contributed by atoms with Crippen molar-refractivity contribution in [2.24, 2.45) is 5.73 Å². The van der Waals surface area contributed by atoms with Crippen LogP contribution in [0.5, 0.6) is 5.75 Å². The molecule has 0 saturated carbocycles. The molecule has 21 heavy (non-hydrogen) atoms. The van der Waals surface area contributed by atoms with Crippen molar-refractivity contribution in [1.29, 1.82) is 0 Å². The number of benzene rings is 2. The minimum Gasteiger partial charge on any atom is -0.466 e. The Morgan fingerprint density at radius 1 is 1.29 bits per heavy atom. The molecule has 0 radical (unpaired) electrons. The SMILES string of the molecule is Cc1cc(Cl)ccc1OC(Br)(Cc1ccccc1)C(N)=O. The van der Waals surface area contributed by atoms with Crippen molar-refractivity contribution >= 4 is 33.4 Å². The Bertz CT molecular complexity index is 648. The van der Waals surface area contributed by atoms with Crippen LogP contribution in [0.15, 0.2) is 48.5 Å². The Kier molecular flexibility index (Phi) is 4.91. The molecule has 0 aliphatic heterocycles. The van der Waals surface area contributed by atoms with Crippen molar-refractivity contribution in [1.82, 2.24) is 0 Å². The van der Waals surface area contributed by atoms with E-state index < -0.39 is 10.4 Å². The maximum Gasteiger partial charge on any atom is 0.273 e. The number of halogens is 2. The molecule has 0 spiro atoms. The number of hydrogen-bond acceptors (Lipinski definition) is 2. The lowest BCUT2D eigenvalue weighted by Gasteiger charge is -2.26. The van der Waals surface area contributed by atoms with Crippen LogP contribution in [0, 0.1) is 6.92 Å². The first-order valence-electron chi connectivity index (χ1n) is 6.38. The summed E-state index contributed by atoms with van der Waals surface area (Å²) < 4.78 is 4.54. The second kappa shape index (κ2) is 6.50. The molecule has 110 valence electrons. The zero-order chi connectivity index (χ0) is 15.5. The quantitative estimate of drug-likeness (QED) is 0.815. The molecule has 0 aliphatic rings. The number of nitrogens with two attached hydrogens (primary N) is 1. The third-order valence-electron chi connectivity index (χ3n) is 3.05. The number of hydrogen-bond donors (Lipinski definition) is 1. The van der Waals surface area contributed by atoms with Gasteiger partial charge in [0.05, 0.1) is 0 Å². The summed E-state index contributed by atoms with van der Waals surface area (Å²) in [4.78, 5) is 11.8. The lowest BCUT2D eigenvalue weighted by atomic mass is 10.1. The number of rotatable bonds is 5. The fourth-order valence-electron chi connectivity index (χ4n) is 1.93. The van der Waals surface area contributed by atoms with Crippen molar-refractivity contribution in [2.45, 2.75) is 17.9 Å². The van der Waals surface area contributed by atoms with Crippen LogP contribution in [-0.2, 0) is 11.2 Å². The number of alkyl halides is 1. The number of primary amides is 1. The second-order valence-electron chi connectivity index (χ2n) is 4.77. The number of carbonyl (C=O) groups is 1. The van der Waals surface area contributed by atoms with Gasteiger partial charge in [-0.2, -0.15) is 0 Å². The number of amides is 1. The molecule has 2 N–H and O–H groups in total. The van der Waals surface area contributed by atoms with E-state index in [2.05, 4.69) is 15.9 Å². The first-order chi connectivity index (χ1) is 9.90. The highest BCUT2D eigenvalue weighted by molar-refractivity contribution is 9.10. The van der Waals surface area contributed by atoms with Gasteiger partial charge in [0.25, 0.3) is 5.91 Å². The van der Waals surface area contributed by atoms with E-state index in [-0.39, 0.29) is 0 Å². The van der Waals surface area contributed by atoms with Crippen LogP contribution < -0.4 is 10.5 Å². The van der Waals surface area contributed by atoms with Gasteiger partial charge in [-0.15, -0.1) is 0 Å². The fraction of sp³-hybridized carbons (Fsp3) is 0.188. The predicted octanol–water partition coefficient (Wildman–Crippen LogP) is 3.85. The van der Waals surface area contributed by atoms with Gasteiger partial charge in [-0.1, -0.05) is 41.9 Å². The topological polar surface area (TPSA) is 52.3 Å². The molecular weight excluding hydrogens is 354 g/mol. The molecule has 1 amide bonds. The van der Waals surface area contributed by atoms with Gasteiger partial charge in [-0.3, -0.25) is 4.79 Å². The Labute approximate surface area is 137 Å². The van der Waals surface area contributed by atoms with Gasteiger partial charge in [-0.25, -0.2) is 0 Å². The minimum atomic E-state index is -1.30. The summed E-state index contributed by atoms with van der Waals surface area (Å²) in [6.07, 6.45) is 0.325. The van der Waals surface area contributed by atoms with Crippen LogP contribution >= 0.6 is 27.5 Å². The molecule has 1 atom stereocenters. The van der Waals surface area contributed by atoms with Gasteiger partial charge >= 0.3 is 0 Å². The van der Waals surface area contributed by atoms with E-state index in [1.54, 1.807) is 18.2 Å². The lowest BCUT2D eigenvalue weighted by Crippen LogP contribution is -2.45. The Balaban J connectivity index is 2.28. The lowest BCUT2D eigenvalue weighted by molar-refractivity contribution is -0.126. The van der Waals surface area contributed by atoms with E-state index in [1.807, 2.05) is 37.3 Å². The summed E-state index contributed by atoms with van der Waals surface area (Å²) in [5, 5.41) is 0.613. The van der Waals surface area contributed by atoms with Crippen molar-refractivity contribution in [3.63, 3.8) is 0 Å². The number of carbonyl (C=O) groups excluding carboxylic acids is 1. The fourth-order valence-corrected chi connectivity index (χ4v) is 2.66. The second-order valence-corrected chi connectivity index (χ2v) is 6.48. The molecule has 2 aromatic rings. The molecule has 0 bridgehead atoms. The van der Waals surface area contributed by atoms with Crippen molar-refractivity contribution in [3.05, 3.63) is 64.7 Å². The molecule has 0 heterocycles. The third-order valence-corrected chi connectivity index (χ3v) is 4.12. The third kappa shape index (κ3) is 3.99. The summed E-state index contributed by atoms with van der Waals surface area (Å²) in [6, 6.07) is 14.7. The monoisotopic (exact) mass is 367 g/mol. The smallest absolute Gasteiger partial charge is 0.273 e. The predicted molar refractivity (Wildman–Crippen MR) is 87.8 cm³/mol. The molecule has 0 aliphatic carbocycles. The highest BCUT2D eigenvalue weighted by atomic mass is 79.9. The largest absolute Gasteiger partial charge is 0.466 e. The Morgan fingerprint density at radius 3 is 2.52 bits per heavy atom. The molecule has 0 saturated heterocycles. The van der Waals surface area contributed by atoms with E-state index in [1.165, 1.54) is 0 Å². The highest BCUT2D eigenvalue weighted by Crippen LogP contribution is 2.31. The zero-order valence-corrected chi connectivity index (χ0v) is 13.8. The van der Waals surface area contributed by atoms with E-state index in [9.17, 15) is 4.79 Å². The van der Waals surface area contributed by atoms with Gasteiger partial charge in [0.2, 0.25) is 4.51 Å². The summed E-state index contributed by atoms with van der Waals surface area (Å²) in [7, 11) is 0. The van der Waals surface area contributed by atoms with E-state index in [0.717, 1.165) is 11.1 Å². The average molecular weight is 369 g/mol. The Hall–Kier alpha value is -1.52. The van der Waals surface area contributed by atoms with Crippen molar-refractivity contribution < 1.29 is 9.53 Å². The van der Waals surface area contributed by atoms with Crippen LogP contribution in [0.25, 0.3) is 0 Å². The maximum atomic E-state index is 11.8. The molecule has 0 aromatic heterocycles. The van der Waals surface area contributed by atoms with Crippen LogP contribution in [0.2, 0.25) is 5.02 Å². The minimum absolute atomic E-state index is 0.325. The molecular formula is C16H15BrClNO2. The van der Waals surface area contributed by atoms with Gasteiger partial charge in [0, 0.05) is 11.4 Å². The number of aryl methyl sites for hydroxylation is 1.